The van der Waals surface area contributed by atoms with Gasteiger partial charge in [-0.3, -0.25) is 9.69 Å². The molecule has 9 nitrogen and oxygen atoms in total. The average Bonchev–Trinajstić information content (AvgIpc) is 3.75. The van der Waals surface area contributed by atoms with E-state index in [-0.39, 0.29) is 24.4 Å². The summed E-state index contributed by atoms with van der Waals surface area (Å²) in [5.41, 5.74) is 1.37. The highest BCUT2D eigenvalue weighted by Gasteiger charge is 2.48. The van der Waals surface area contributed by atoms with Crippen molar-refractivity contribution in [3.63, 3.8) is 0 Å². The number of ether oxygens (including phenoxy) is 2. The summed E-state index contributed by atoms with van der Waals surface area (Å²) in [6, 6.07) is 7.75. The van der Waals surface area contributed by atoms with Gasteiger partial charge in [0.25, 0.3) is 5.91 Å². The molecule has 1 aliphatic heterocycles. The molecule has 0 spiro atoms. The van der Waals surface area contributed by atoms with Crippen LogP contribution in [0, 0.1) is 17.7 Å². The molecule has 3 fully saturated rings. The van der Waals surface area contributed by atoms with Gasteiger partial charge in [0.05, 0.1) is 18.6 Å². The molecular weight excluding hydrogens is 573 g/mol. The first-order chi connectivity index (χ1) is 19.7. The normalized spacial score (nSPS) is 24.2. The molecule has 2 heterocycles. The SMILES string of the molecule is COC(=O)[C@@H](O)[C@H](O)C(=O)OCCCc1cc(-c2ccc(F)cc2)oc1C=C1SC(=S)N(C2CC3CCC2C3)C1=O. The standard InChI is InChI=1S/C29H30FNO8S2/c1-37-27(35)24(32)25(33)28(36)38-10-2-3-18-13-21(16-6-8-19(30)9-7-16)39-22(18)14-23-26(34)31(29(40)41-23)20-12-15-4-5-17(20)11-15/h6-9,13-15,17,20,24-25,32-33H,2-5,10-12H2,1H3/t15?,17?,20?,24-,25-/m0/s1. The lowest BCUT2D eigenvalue weighted by atomic mass is 9.94. The van der Waals surface area contributed by atoms with Gasteiger partial charge >= 0.3 is 11.9 Å². The first-order valence-corrected chi connectivity index (χ1v) is 14.6. The van der Waals surface area contributed by atoms with Crippen LogP contribution in [0.15, 0.2) is 39.7 Å². The first kappa shape index (κ1) is 29.4. The van der Waals surface area contributed by atoms with Crippen molar-refractivity contribution >= 4 is 52.2 Å². The number of hydrogen-bond acceptors (Lipinski definition) is 10. The lowest BCUT2D eigenvalue weighted by Gasteiger charge is -2.30. The number of benzene rings is 1. The molecule has 2 aromatic rings. The minimum atomic E-state index is -2.07. The monoisotopic (exact) mass is 603 g/mol. The van der Waals surface area contributed by atoms with Gasteiger partial charge in [0.2, 0.25) is 0 Å². The third-order valence-corrected chi connectivity index (χ3v) is 9.24. The van der Waals surface area contributed by atoms with E-state index in [1.807, 2.05) is 0 Å². The second-order valence-corrected chi connectivity index (χ2v) is 12.2. The third-order valence-electron chi connectivity index (χ3n) is 7.91. The molecule has 3 unspecified atom stereocenters. The molecule has 5 rings (SSSR count). The van der Waals surface area contributed by atoms with Crippen LogP contribution < -0.4 is 0 Å². The summed E-state index contributed by atoms with van der Waals surface area (Å²) < 4.78 is 29.5. The topological polar surface area (TPSA) is 127 Å². The zero-order chi connectivity index (χ0) is 29.3. The average molecular weight is 604 g/mol. The maximum atomic E-state index is 13.5. The number of furan rings is 1. The van der Waals surface area contributed by atoms with Crippen LogP contribution in [0.1, 0.15) is 43.4 Å². The number of thiocarbonyl (C=S) groups is 1. The van der Waals surface area contributed by atoms with E-state index in [1.54, 1.807) is 29.2 Å². The highest BCUT2D eigenvalue weighted by atomic mass is 32.2. The molecule has 2 N–H and O–H groups in total. The van der Waals surface area contributed by atoms with E-state index in [2.05, 4.69) is 4.74 Å². The Bertz CT molecular complexity index is 1370. The number of aliphatic hydroxyl groups excluding tert-OH is 2. The molecule has 12 heteroatoms. The number of thioether (sulfide) groups is 1. The number of amides is 1. The molecule has 1 amide bonds. The zero-order valence-electron chi connectivity index (χ0n) is 22.3. The molecule has 3 aliphatic rings. The highest BCUT2D eigenvalue weighted by molar-refractivity contribution is 8.26. The van der Waals surface area contributed by atoms with Crippen LogP contribution in [0.4, 0.5) is 4.39 Å². The molecule has 1 saturated heterocycles. The summed E-state index contributed by atoms with van der Waals surface area (Å²) in [4.78, 5) is 39.1. The fourth-order valence-electron chi connectivity index (χ4n) is 5.83. The van der Waals surface area contributed by atoms with Gasteiger partial charge in [-0.2, -0.15) is 0 Å². The van der Waals surface area contributed by atoms with E-state index in [1.165, 1.54) is 30.3 Å². The third kappa shape index (κ3) is 6.25. The largest absolute Gasteiger partial charge is 0.467 e. The molecular formula is C29H30FNO8S2. The summed E-state index contributed by atoms with van der Waals surface area (Å²) >= 11 is 6.86. The van der Waals surface area contributed by atoms with E-state index in [0.717, 1.165) is 31.9 Å². The lowest BCUT2D eigenvalue weighted by Crippen LogP contribution is -2.41. The molecule has 218 valence electrons. The van der Waals surface area contributed by atoms with E-state index in [4.69, 9.17) is 21.4 Å². The Morgan fingerprint density at radius 2 is 1.93 bits per heavy atom. The van der Waals surface area contributed by atoms with Crippen molar-refractivity contribution in [2.75, 3.05) is 13.7 Å². The lowest BCUT2D eigenvalue weighted by molar-refractivity contribution is -0.171. The van der Waals surface area contributed by atoms with Gasteiger partial charge in [-0.15, -0.1) is 0 Å². The van der Waals surface area contributed by atoms with Gasteiger partial charge in [0.1, 0.15) is 21.7 Å². The molecule has 2 aliphatic carbocycles. The van der Waals surface area contributed by atoms with Crippen LogP contribution in [-0.2, 0) is 30.3 Å². The fraction of sp³-hybridized carbons (Fsp3) is 0.448. The van der Waals surface area contributed by atoms with Crippen molar-refractivity contribution in [3.8, 4) is 11.3 Å². The number of nitrogens with zero attached hydrogens (tertiary/aromatic N) is 1. The first-order valence-electron chi connectivity index (χ1n) is 13.4. The Kier molecular flexibility index (Phi) is 8.93. The van der Waals surface area contributed by atoms with E-state index in [9.17, 15) is 29.0 Å². The van der Waals surface area contributed by atoms with Crippen LogP contribution in [0.25, 0.3) is 17.4 Å². The summed E-state index contributed by atoms with van der Waals surface area (Å²) in [6.45, 7) is -0.118. The second kappa shape index (κ2) is 12.4. The van der Waals surface area contributed by atoms with Crippen LogP contribution in [0.5, 0.6) is 0 Å². The van der Waals surface area contributed by atoms with Crippen molar-refractivity contribution in [3.05, 3.63) is 52.4 Å². The van der Waals surface area contributed by atoms with Gasteiger partial charge < -0.3 is 24.1 Å². The smallest absolute Gasteiger partial charge is 0.338 e. The minimum Gasteiger partial charge on any atom is -0.467 e. The van der Waals surface area contributed by atoms with Crippen LogP contribution >= 0.6 is 24.0 Å². The zero-order valence-corrected chi connectivity index (χ0v) is 23.9. The number of aryl methyl sites for hydroxylation is 1. The van der Waals surface area contributed by atoms with Crippen molar-refractivity contribution in [1.29, 1.82) is 0 Å². The van der Waals surface area contributed by atoms with Gasteiger partial charge in [0, 0.05) is 17.7 Å². The van der Waals surface area contributed by atoms with Crippen molar-refractivity contribution in [1.82, 2.24) is 4.90 Å². The number of carbonyl (C=O) groups is 3. The van der Waals surface area contributed by atoms with Crippen LogP contribution in [-0.4, -0.2) is 69.2 Å². The Hall–Kier alpha value is -3.06. The number of fused-ring (bicyclic) bond motifs is 2. The number of esters is 2. The maximum absolute atomic E-state index is 13.5. The predicted molar refractivity (Wildman–Crippen MR) is 152 cm³/mol. The highest BCUT2D eigenvalue weighted by Crippen LogP contribution is 2.49. The number of rotatable bonds is 10. The molecule has 41 heavy (non-hydrogen) atoms. The van der Waals surface area contributed by atoms with Crippen molar-refractivity contribution < 1.29 is 42.9 Å². The summed E-state index contributed by atoms with van der Waals surface area (Å²) in [5.74, 6) is -0.771. The number of methoxy groups -OCH3 is 1. The van der Waals surface area contributed by atoms with E-state index < -0.39 is 24.1 Å². The second-order valence-electron chi connectivity index (χ2n) is 10.5. The van der Waals surface area contributed by atoms with Crippen molar-refractivity contribution in [2.24, 2.45) is 11.8 Å². The quantitative estimate of drug-likeness (QED) is 0.179. The molecule has 1 aromatic carbocycles. The Labute approximate surface area is 245 Å². The Morgan fingerprint density at radius 3 is 2.59 bits per heavy atom. The predicted octanol–water partition coefficient (Wildman–Crippen LogP) is 3.85. The molecule has 2 saturated carbocycles. The van der Waals surface area contributed by atoms with Crippen LogP contribution in [0.2, 0.25) is 0 Å². The van der Waals surface area contributed by atoms with E-state index in [0.29, 0.717) is 51.0 Å². The van der Waals surface area contributed by atoms with E-state index >= 15 is 0 Å². The molecule has 5 atom stereocenters. The molecule has 1 aromatic heterocycles. The number of carbonyl (C=O) groups excluding carboxylic acids is 3. The van der Waals surface area contributed by atoms with Gasteiger partial charge in [-0.25, -0.2) is 14.0 Å². The molecule has 2 bridgehead atoms. The fourth-order valence-corrected chi connectivity index (χ4v) is 7.17. The maximum Gasteiger partial charge on any atom is 0.338 e. The molecule has 0 radical (unpaired) electrons. The van der Waals surface area contributed by atoms with Crippen LogP contribution in [0.3, 0.4) is 0 Å². The summed E-state index contributed by atoms with van der Waals surface area (Å²) in [5, 5.41) is 19.5. The number of hydrogen-bond donors (Lipinski definition) is 2. The summed E-state index contributed by atoms with van der Waals surface area (Å²) in [7, 11) is 1.02. The Morgan fingerprint density at radius 1 is 1.20 bits per heavy atom. The Balaban J connectivity index is 1.31. The van der Waals surface area contributed by atoms with Crippen molar-refractivity contribution in [2.45, 2.75) is 56.8 Å². The number of aliphatic hydroxyl groups is 2. The van der Waals surface area contributed by atoms with Gasteiger partial charge in [-0.05, 0) is 79.8 Å². The van der Waals surface area contributed by atoms with Gasteiger partial charge in [0.15, 0.2) is 12.2 Å². The minimum absolute atomic E-state index is 0.118. The number of halogens is 1. The van der Waals surface area contributed by atoms with Gasteiger partial charge in [-0.1, -0.05) is 30.4 Å². The summed E-state index contributed by atoms with van der Waals surface area (Å²) in [6.07, 6.45) is 2.69.